The van der Waals surface area contributed by atoms with Crippen LogP contribution in [0.4, 0.5) is 13.2 Å². The van der Waals surface area contributed by atoms with Gasteiger partial charge in [0.25, 0.3) is 0 Å². The molecule has 28 heavy (non-hydrogen) atoms. The fraction of sp³-hybridized carbons (Fsp3) is 0.550. The second-order valence-corrected chi connectivity index (χ2v) is 7.02. The van der Waals surface area contributed by atoms with Gasteiger partial charge in [0, 0.05) is 37.2 Å². The maximum Gasteiger partial charge on any atom is 0.416 e. The molecule has 0 bridgehead atoms. The van der Waals surface area contributed by atoms with E-state index in [1.54, 1.807) is 0 Å². The summed E-state index contributed by atoms with van der Waals surface area (Å²) in [6, 6.07) is 4.86. The van der Waals surface area contributed by atoms with Crippen LogP contribution in [0.5, 0.6) is 0 Å². The molecule has 1 N–H and O–H groups in total. The van der Waals surface area contributed by atoms with E-state index in [9.17, 15) is 13.2 Å². The zero-order chi connectivity index (χ0) is 19.3. The van der Waals surface area contributed by atoms with E-state index in [0.29, 0.717) is 12.1 Å². The Hall–Kier alpha value is -1.47. The van der Waals surface area contributed by atoms with Crippen LogP contribution in [-0.2, 0) is 10.9 Å². The molecule has 4 nitrogen and oxygen atoms in total. The Kier molecular flexibility index (Phi) is 8.01. The van der Waals surface area contributed by atoms with Crippen molar-refractivity contribution in [1.29, 1.82) is 0 Å². The number of ether oxygens (including phenoxy) is 1. The summed E-state index contributed by atoms with van der Waals surface area (Å²) in [5.74, 6) is 6.63. The molecule has 3 rings (SSSR count). The van der Waals surface area contributed by atoms with Gasteiger partial charge in [-0.2, -0.15) is 13.2 Å². The molecule has 2 aliphatic rings. The van der Waals surface area contributed by atoms with Crippen molar-refractivity contribution in [1.82, 2.24) is 10.2 Å². The molecule has 2 heterocycles. The standard InChI is InChI=1S/C20H24F3N3O.HI/c1-2-24-18(26-12-9-19(14-26)10-13-27-15-19)25-11-3-4-16-5-7-17(8-6-16)20(21,22)23;/h5-8H,2,9-15H2,1H3,(H,24,25);1H. The lowest BCUT2D eigenvalue weighted by atomic mass is 9.87. The van der Waals surface area contributed by atoms with Crippen LogP contribution >= 0.6 is 24.0 Å². The van der Waals surface area contributed by atoms with Crippen molar-refractivity contribution in [3.8, 4) is 11.8 Å². The molecule has 0 amide bonds. The third kappa shape index (κ3) is 5.77. The van der Waals surface area contributed by atoms with Gasteiger partial charge in [-0.1, -0.05) is 11.8 Å². The quantitative estimate of drug-likeness (QED) is 0.287. The van der Waals surface area contributed by atoms with Crippen LogP contribution in [-0.4, -0.2) is 50.3 Å². The molecule has 154 valence electrons. The molecule has 8 heteroatoms. The molecule has 1 unspecified atom stereocenters. The van der Waals surface area contributed by atoms with E-state index in [-0.39, 0.29) is 29.4 Å². The van der Waals surface area contributed by atoms with E-state index in [1.807, 2.05) is 6.92 Å². The number of rotatable bonds is 2. The van der Waals surface area contributed by atoms with Gasteiger partial charge >= 0.3 is 6.18 Å². The Labute approximate surface area is 180 Å². The summed E-state index contributed by atoms with van der Waals surface area (Å²) < 4.78 is 43.3. The first-order chi connectivity index (χ1) is 12.9. The van der Waals surface area contributed by atoms with Gasteiger partial charge in [0.15, 0.2) is 5.96 Å². The summed E-state index contributed by atoms with van der Waals surface area (Å²) in [6.45, 7) is 6.62. The average Bonchev–Trinajstić information content (AvgIpc) is 3.27. The minimum absolute atomic E-state index is 0. The summed E-state index contributed by atoms with van der Waals surface area (Å²) in [4.78, 5) is 6.81. The van der Waals surface area contributed by atoms with Crippen LogP contribution < -0.4 is 5.32 Å². The predicted molar refractivity (Wildman–Crippen MR) is 114 cm³/mol. The molecule has 2 fully saturated rings. The van der Waals surface area contributed by atoms with Gasteiger partial charge in [-0.05, 0) is 44.0 Å². The zero-order valence-electron chi connectivity index (χ0n) is 15.8. The monoisotopic (exact) mass is 507 g/mol. The fourth-order valence-electron chi connectivity index (χ4n) is 3.51. The number of hydrogen-bond acceptors (Lipinski definition) is 2. The van der Waals surface area contributed by atoms with E-state index >= 15 is 0 Å². The molecule has 2 saturated heterocycles. The van der Waals surface area contributed by atoms with E-state index in [0.717, 1.165) is 63.8 Å². The Balaban J connectivity index is 0.00000280. The number of guanidine groups is 1. The maximum atomic E-state index is 12.6. The summed E-state index contributed by atoms with van der Waals surface area (Å²) >= 11 is 0. The van der Waals surface area contributed by atoms with Gasteiger partial charge in [0.2, 0.25) is 0 Å². The maximum absolute atomic E-state index is 12.6. The number of nitrogens with zero attached hydrogens (tertiary/aromatic N) is 2. The number of nitrogens with one attached hydrogen (secondary N) is 1. The Morgan fingerprint density at radius 3 is 2.64 bits per heavy atom. The van der Waals surface area contributed by atoms with Crippen LogP contribution in [0.15, 0.2) is 29.3 Å². The number of hydrogen-bond donors (Lipinski definition) is 1. The van der Waals surface area contributed by atoms with Crippen molar-refractivity contribution < 1.29 is 17.9 Å². The normalized spacial score (nSPS) is 22.0. The Bertz CT molecular complexity index is 732. The van der Waals surface area contributed by atoms with Gasteiger partial charge in [-0.15, -0.1) is 24.0 Å². The first-order valence-electron chi connectivity index (χ1n) is 9.19. The molecule has 1 aromatic rings. The van der Waals surface area contributed by atoms with Crippen molar-refractivity contribution in [2.24, 2.45) is 10.4 Å². The third-order valence-corrected chi connectivity index (χ3v) is 5.01. The van der Waals surface area contributed by atoms with Crippen molar-refractivity contribution in [3.63, 3.8) is 0 Å². The van der Waals surface area contributed by atoms with Gasteiger partial charge < -0.3 is 15.0 Å². The van der Waals surface area contributed by atoms with Crippen LogP contribution in [0.2, 0.25) is 0 Å². The zero-order valence-corrected chi connectivity index (χ0v) is 18.1. The molecular formula is C20H25F3IN3O. The van der Waals surface area contributed by atoms with Gasteiger partial charge in [-0.25, -0.2) is 4.99 Å². The minimum Gasteiger partial charge on any atom is -0.381 e. The second-order valence-electron chi connectivity index (χ2n) is 7.02. The molecule has 1 aromatic carbocycles. The summed E-state index contributed by atoms with van der Waals surface area (Å²) in [7, 11) is 0. The van der Waals surface area contributed by atoms with Crippen molar-refractivity contribution in [3.05, 3.63) is 35.4 Å². The molecular weight excluding hydrogens is 482 g/mol. The summed E-state index contributed by atoms with van der Waals surface area (Å²) in [5, 5.41) is 3.30. The molecule has 2 aliphatic heterocycles. The predicted octanol–water partition coefficient (Wildman–Crippen LogP) is 3.75. The van der Waals surface area contributed by atoms with E-state index in [2.05, 4.69) is 27.0 Å². The van der Waals surface area contributed by atoms with Crippen molar-refractivity contribution >= 4 is 29.9 Å². The van der Waals surface area contributed by atoms with Crippen LogP contribution in [0, 0.1) is 17.3 Å². The minimum atomic E-state index is -4.32. The van der Waals surface area contributed by atoms with Crippen molar-refractivity contribution in [2.45, 2.75) is 25.9 Å². The lowest BCUT2D eigenvalue weighted by Crippen LogP contribution is -2.41. The SMILES string of the molecule is CCNC(=NCC#Cc1ccc(C(F)(F)F)cc1)N1CCC2(CCOC2)C1.I. The summed E-state index contributed by atoms with van der Waals surface area (Å²) in [6.07, 6.45) is -2.13. The highest BCUT2D eigenvalue weighted by molar-refractivity contribution is 14.0. The van der Waals surface area contributed by atoms with E-state index < -0.39 is 11.7 Å². The Morgan fingerprint density at radius 2 is 2.04 bits per heavy atom. The number of likely N-dealkylation sites (tertiary alicyclic amines) is 1. The number of benzene rings is 1. The molecule has 1 atom stereocenters. The highest BCUT2D eigenvalue weighted by atomic mass is 127. The smallest absolute Gasteiger partial charge is 0.381 e. The van der Waals surface area contributed by atoms with Gasteiger partial charge in [-0.3, -0.25) is 0 Å². The number of alkyl halides is 3. The summed E-state index contributed by atoms with van der Waals surface area (Å²) in [5.41, 5.74) is 0.132. The first kappa shape index (κ1) is 22.8. The van der Waals surface area contributed by atoms with Crippen molar-refractivity contribution in [2.75, 3.05) is 39.4 Å². The van der Waals surface area contributed by atoms with E-state index in [4.69, 9.17) is 4.74 Å². The molecule has 0 aromatic heterocycles. The van der Waals surface area contributed by atoms with Crippen LogP contribution in [0.3, 0.4) is 0 Å². The Morgan fingerprint density at radius 1 is 1.29 bits per heavy atom. The average molecular weight is 507 g/mol. The number of aliphatic imine (C=N–C) groups is 1. The lowest BCUT2D eigenvalue weighted by molar-refractivity contribution is -0.137. The highest BCUT2D eigenvalue weighted by Gasteiger charge is 2.42. The van der Waals surface area contributed by atoms with Gasteiger partial charge in [0.05, 0.1) is 12.2 Å². The number of halogens is 4. The lowest BCUT2D eigenvalue weighted by Gasteiger charge is -2.24. The largest absolute Gasteiger partial charge is 0.416 e. The van der Waals surface area contributed by atoms with Crippen LogP contribution in [0.25, 0.3) is 0 Å². The topological polar surface area (TPSA) is 36.9 Å². The fourth-order valence-corrected chi connectivity index (χ4v) is 3.51. The highest BCUT2D eigenvalue weighted by Crippen LogP contribution is 2.38. The van der Waals surface area contributed by atoms with E-state index in [1.165, 1.54) is 12.1 Å². The first-order valence-corrected chi connectivity index (χ1v) is 9.19. The van der Waals surface area contributed by atoms with Gasteiger partial charge in [0.1, 0.15) is 6.54 Å². The second kappa shape index (κ2) is 9.83. The molecule has 0 aliphatic carbocycles. The molecule has 0 radical (unpaired) electrons. The molecule has 1 spiro atoms. The van der Waals surface area contributed by atoms with Crippen LogP contribution in [0.1, 0.15) is 30.9 Å². The molecule has 0 saturated carbocycles. The third-order valence-electron chi connectivity index (χ3n) is 5.01.